The zero-order chi connectivity index (χ0) is 16.8. The first-order valence-corrected chi connectivity index (χ1v) is 7.07. The van der Waals surface area contributed by atoms with E-state index in [1.165, 1.54) is 6.08 Å². The number of nitrogens with one attached hydrogen (secondary N) is 2. The normalized spacial score (nSPS) is 10.8. The number of carbonyl (C=O) groups excluding carboxylic acids is 1. The third-order valence-corrected chi connectivity index (χ3v) is 3.12. The topological polar surface area (TPSA) is 135 Å². The highest BCUT2D eigenvalue weighted by Gasteiger charge is 2.04. The second-order valence-electron chi connectivity index (χ2n) is 4.86. The molecule has 0 saturated carbocycles. The predicted molar refractivity (Wildman–Crippen MR) is 86.9 cm³/mol. The van der Waals surface area contributed by atoms with Crippen molar-refractivity contribution < 1.29 is 4.79 Å². The van der Waals surface area contributed by atoms with E-state index in [1.54, 1.807) is 18.5 Å². The van der Waals surface area contributed by atoms with E-state index in [-0.39, 0.29) is 11.9 Å². The van der Waals surface area contributed by atoms with Crippen LogP contribution in [0.4, 0.5) is 5.95 Å². The Morgan fingerprint density at radius 1 is 1.29 bits per heavy atom. The number of amides is 1. The van der Waals surface area contributed by atoms with Crippen LogP contribution in [0.2, 0.25) is 0 Å². The van der Waals surface area contributed by atoms with Gasteiger partial charge in [-0.05, 0) is 22.9 Å². The maximum absolute atomic E-state index is 11.9. The van der Waals surface area contributed by atoms with Gasteiger partial charge in [0, 0.05) is 36.1 Å². The fourth-order valence-corrected chi connectivity index (χ4v) is 1.96. The zero-order valence-electron chi connectivity index (χ0n) is 12.5. The maximum Gasteiger partial charge on any atom is 0.244 e. The van der Waals surface area contributed by atoms with Crippen LogP contribution in [0.1, 0.15) is 11.1 Å². The molecule has 24 heavy (non-hydrogen) atoms. The standard InChI is InChI=1S/C15H14N8O/c16-15-18-8-11(9-19-15)4-5-13(24)17-7-10-2-1-3-12(6-10)14-20-22-23-21-14/h1-6,8-9H,7H2,(H,17,24)(H2,16,18,19)(H,20,21,22,23). The second-order valence-corrected chi connectivity index (χ2v) is 4.86. The molecule has 9 nitrogen and oxygen atoms in total. The van der Waals surface area contributed by atoms with Crippen molar-refractivity contribution >= 4 is 17.9 Å². The molecule has 3 aromatic rings. The minimum Gasteiger partial charge on any atom is -0.368 e. The average molecular weight is 322 g/mol. The molecular formula is C15H14N8O. The lowest BCUT2D eigenvalue weighted by Crippen LogP contribution is -2.20. The summed E-state index contributed by atoms with van der Waals surface area (Å²) in [6, 6.07) is 7.54. The largest absolute Gasteiger partial charge is 0.368 e. The van der Waals surface area contributed by atoms with Crippen LogP contribution >= 0.6 is 0 Å². The number of rotatable bonds is 5. The Labute approximate surface area is 137 Å². The number of aromatic nitrogens is 6. The van der Waals surface area contributed by atoms with Crippen LogP contribution in [-0.2, 0) is 11.3 Å². The van der Waals surface area contributed by atoms with Crippen molar-refractivity contribution in [2.24, 2.45) is 0 Å². The quantitative estimate of drug-likeness (QED) is 0.584. The minimum absolute atomic E-state index is 0.193. The van der Waals surface area contributed by atoms with E-state index in [0.29, 0.717) is 17.9 Å². The van der Waals surface area contributed by atoms with Crippen molar-refractivity contribution in [2.75, 3.05) is 5.73 Å². The van der Waals surface area contributed by atoms with Crippen LogP contribution in [0, 0.1) is 0 Å². The van der Waals surface area contributed by atoms with Crippen LogP contribution < -0.4 is 11.1 Å². The highest BCUT2D eigenvalue weighted by Crippen LogP contribution is 2.14. The van der Waals surface area contributed by atoms with Crippen molar-refractivity contribution in [3.8, 4) is 11.4 Å². The number of tetrazole rings is 1. The molecule has 4 N–H and O–H groups in total. The molecule has 2 heterocycles. The van der Waals surface area contributed by atoms with Crippen molar-refractivity contribution in [2.45, 2.75) is 6.54 Å². The molecule has 0 bridgehead atoms. The molecule has 0 radical (unpaired) electrons. The molecule has 3 rings (SSSR count). The number of H-pyrrole nitrogens is 1. The van der Waals surface area contributed by atoms with Gasteiger partial charge in [0.25, 0.3) is 0 Å². The lowest BCUT2D eigenvalue weighted by atomic mass is 10.1. The fraction of sp³-hybridized carbons (Fsp3) is 0.0667. The summed E-state index contributed by atoms with van der Waals surface area (Å²) in [5, 5.41) is 16.6. The Kier molecular flexibility index (Phi) is 4.52. The number of hydrogen-bond acceptors (Lipinski definition) is 7. The summed E-state index contributed by atoms with van der Waals surface area (Å²) in [4.78, 5) is 19.6. The number of carbonyl (C=O) groups is 1. The van der Waals surface area contributed by atoms with Gasteiger partial charge in [0.1, 0.15) is 0 Å². The third kappa shape index (κ3) is 3.97. The Morgan fingerprint density at radius 3 is 2.88 bits per heavy atom. The van der Waals surface area contributed by atoms with Gasteiger partial charge in [-0.15, -0.1) is 10.2 Å². The van der Waals surface area contributed by atoms with Crippen molar-refractivity contribution in [3.63, 3.8) is 0 Å². The van der Waals surface area contributed by atoms with Crippen LogP contribution in [0.25, 0.3) is 17.5 Å². The van der Waals surface area contributed by atoms with Gasteiger partial charge >= 0.3 is 0 Å². The van der Waals surface area contributed by atoms with E-state index in [0.717, 1.165) is 11.1 Å². The number of nitrogen functional groups attached to an aromatic ring is 1. The summed E-state index contributed by atoms with van der Waals surface area (Å²) >= 11 is 0. The monoisotopic (exact) mass is 322 g/mol. The molecule has 0 aliphatic rings. The first kappa shape index (κ1) is 15.3. The Morgan fingerprint density at radius 2 is 2.12 bits per heavy atom. The maximum atomic E-state index is 11.9. The molecule has 120 valence electrons. The van der Waals surface area contributed by atoms with Crippen molar-refractivity contribution in [1.29, 1.82) is 0 Å². The van der Waals surface area contributed by atoms with E-state index < -0.39 is 0 Å². The summed E-state index contributed by atoms with van der Waals surface area (Å²) in [6.07, 6.45) is 6.11. The number of aromatic amines is 1. The SMILES string of the molecule is Nc1ncc(C=CC(=O)NCc2cccc(-c3nn[nH]n3)c2)cn1. The Bertz CT molecular complexity index is 842. The number of nitrogens with two attached hydrogens (primary N) is 1. The van der Waals surface area contributed by atoms with Crippen LogP contribution in [0.15, 0.2) is 42.7 Å². The van der Waals surface area contributed by atoms with Gasteiger partial charge in [0.2, 0.25) is 17.7 Å². The van der Waals surface area contributed by atoms with E-state index >= 15 is 0 Å². The van der Waals surface area contributed by atoms with Crippen LogP contribution in [0.3, 0.4) is 0 Å². The predicted octanol–water partition coefficient (Wildman–Crippen LogP) is 0.568. The smallest absolute Gasteiger partial charge is 0.244 e. The van der Waals surface area contributed by atoms with E-state index in [1.807, 2.05) is 24.3 Å². The third-order valence-electron chi connectivity index (χ3n) is 3.12. The minimum atomic E-state index is -0.225. The van der Waals surface area contributed by atoms with Gasteiger partial charge < -0.3 is 11.1 Å². The first-order valence-electron chi connectivity index (χ1n) is 7.07. The number of hydrogen-bond donors (Lipinski definition) is 3. The highest BCUT2D eigenvalue weighted by atomic mass is 16.1. The molecule has 0 spiro atoms. The Hall–Kier alpha value is -3.62. The van der Waals surface area contributed by atoms with Crippen LogP contribution in [0.5, 0.6) is 0 Å². The number of anilines is 1. The van der Waals surface area contributed by atoms with Gasteiger partial charge in [-0.3, -0.25) is 4.79 Å². The van der Waals surface area contributed by atoms with Gasteiger partial charge in [0.15, 0.2) is 0 Å². The lowest BCUT2D eigenvalue weighted by Gasteiger charge is -2.04. The molecular weight excluding hydrogens is 308 g/mol. The van der Waals surface area contributed by atoms with Gasteiger partial charge in [-0.25, -0.2) is 9.97 Å². The summed E-state index contributed by atoms with van der Waals surface area (Å²) in [7, 11) is 0. The number of benzene rings is 1. The van der Waals surface area contributed by atoms with Gasteiger partial charge in [-0.2, -0.15) is 5.21 Å². The molecule has 0 saturated heterocycles. The van der Waals surface area contributed by atoms with Gasteiger partial charge in [0.05, 0.1) is 0 Å². The van der Waals surface area contributed by atoms with Crippen molar-refractivity contribution in [1.82, 2.24) is 35.9 Å². The van der Waals surface area contributed by atoms with E-state index in [9.17, 15) is 4.79 Å². The molecule has 1 amide bonds. The van der Waals surface area contributed by atoms with E-state index in [2.05, 4.69) is 35.9 Å². The number of nitrogens with zero attached hydrogens (tertiary/aromatic N) is 5. The highest BCUT2D eigenvalue weighted by molar-refractivity contribution is 5.91. The molecule has 2 aromatic heterocycles. The molecule has 0 atom stereocenters. The summed E-state index contributed by atoms with van der Waals surface area (Å²) in [6.45, 7) is 0.382. The molecule has 0 aliphatic carbocycles. The van der Waals surface area contributed by atoms with Crippen LogP contribution in [-0.4, -0.2) is 36.5 Å². The van der Waals surface area contributed by atoms with Crippen molar-refractivity contribution in [3.05, 3.63) is 53.9 Å². The first-order chi connectivity index (χ1) is 11.7. The van der Waals surface area contributed by atoms with E-state index in [4.69, 9.17) is 5.73 Å². The molecule has 0 fully saturated rings. The van der Waals surface area contributed by atoms with Gasteiger partial charge in [-0.1, -0.05) is 18.2 Å². The molecule has 1 aromatic carbocycles. The summed E-state index contributed by atoms with van der Waals surface area (Å²) in [5.74, 6) is 0.473. The molecule has 0 aliphatic heterocycles. The summed E-state index contributed by atoms with van der Waals surface area (Å²) in [5.41, 5.74) is 7.84. The summed E-state index contributed by atoms with van der Waals surface area (Å²) < 4.78 is 0. The molecule has 0 unspecified atom stereocenters. The zero-order valence-corrected chi connectivity index (χ0v) is 12.5. The fourth-order valence-electron chi connectivity index (χ4n) is 1.96. The average Bonchev–Trinajstić information content (AvgIpc) is 3.14. The lowest BCUT2D eigenvalue weighted by molar-refractivity contribution is -0.116. The second kappa shape index (κ2) is 7.09. The molecule has 9 heteroatoms. The Balaban J connectivity index is 1.58.